The molecule has 1 aliphatic carbocycles. The second kappa shape index (κ2) is 11.8. The van der Waals surface area contributed by atoms with E-state index in [4.69, 9.17) is 9.47 Å². The Morgan fingerprint density at radius 2 is 1.71 bits per heavy atom. The molecule has 42 heavy (non-hydrogen) atoms. The van der Waals surface area contributed by atoms with Gasteiger partial charge in [0.2, 0.25) is 11.7 Å². The van der Waals surface area contributed by atoms with E-state index in [0.29, 0.717) is 56.7 Å². The van der Waals surface area contributed by atoms with Crippen molar-refractivity contribution >= 4 is 11.6 Å². The van der Waals surface area contributed by atoms with Crippen molar-refractivity contribution in [2.45, 2.75) is 57.2 Å². The molecule has 222 valence electrons. The Kier molecular flexibility index (Phi) is 8.37. The number of amides is 1. The summed E-state index contributed by atoms with van der Waals surface area (Å²) in [6, 6.07) is 15.4. The number of anilines is 1. The summed E-state index contributed by atoms with van der Waals surface area (Å²) in [7, 11) is 0. The fraction of sp³-hybridized carbons (Fsp3) is 0.406. The predicted molar refractivity (Wildman–Crippen MR) is 150 cm³/mol. The smallest absolute Gasteiger partial charge is 0.451 e. The van der Waals surface area contributed by atoms with Crippen LogP contribution in [0, 0.1) is 5.41 Å². The van der Waals surface area contributed by atoms with Gasteiger partial charge in [-0.15, -0.1) is 0 Å². The van der Waals surface area contributed by atoms with Crippen LogP contribution in [0.2, 0.25) is 0 Å². The number of alkyl halides is 3. The highest BCUT2D eigenvalue weighted by Gasteiger charge is 2.52. The van der Waals surface area contributed by atoms with Crippen LogP contribution in [0.15, 0.2) is 73.3 Å². The molecule has 3 heterocycles. The maximum atomic E-state index is 13.5. The van der Waals surface area contributed by atoms with Gasteiger partial charge in [0.25, 0.3) is 0 Å². The lowest BCUT2D eigenvalue weighted by Crippen LogP contribution is -2.54. The first kappa shape index (κ1) is 29.7. The minimum Gasteiger partial charge on any atom is -0.494 e. The summed E-state index contributed by atoms with van der Waals surface area (Å²) in [5.74, 6) is -1.17. The summed E-state index contributed by atoms with van der Waals surface area (Å²) in [6.45, 7) is 6.49. The Bertz CT molecular complexity index is 1400. The number of hydrogen-bond acceptors (Lipinski definition) is 5. The molecule has 2 aromatic carbocycles. The molecule has 0 atom stereocenters. The number of ether oxygens (including phenoxy) is 2. The van der Waals surface area contributed by atoms with Gasteiger partial charge in [0, 0.05) is 48.4 Å². The molecule has 2 bridgehead atoms. The molecule has 0 spiro atoms. The van der Waals surface area contributed by atoms with Gasteiger partial charge in [-0.2, -0.15) is 13.2 Å². The zero-order valence-corrected chi connectivity index (χ0v) is 23.4. The second-order valence-electron chi connectivity index (χ2n) is 11.1. The topological polar surface area (TPSA) is 64.6 Å². The van der Waals surface area contributed by atoms with E-state index in [1.54, 1.807) is 4.90 Å². The minimum atomic E-state index is -4.61. The molecule has 1 saturated carbocycles. The molecule has 3 fully saturated rings. The first-order chi connectivity index (χ1) is 20.0. The summed E-state index contributed by atoms with van der Waals surface area (Å²) in [5.41, 5.74) is 2.01. The third-order valence-corrected chi connectivity index (χ3v) is 8.27. The summed E-state index contributed by atoms with van der Waals surface area (Å²) < 4.78 is 64.3. The number of halogens is 4. The van der Waals surface area contributed by atoms with Crippen LogP contribution < -0.4 is 9.64 Å². The number of rotatable bonds is 10. The minimum absolute atomic E-state index is 0.0214. The van der Waals surface area contributed by atoms with Crippen molar-refractivity contribution in [3.63, 3.8) is 0 Å². The fourth-order valence-electron chi connectivity index (χ4n) is 5.85. The van der Waals surface area contributed by atoms with E-state index in [2.05, 4.69) is 16.5 Å². The fourth-order valence-corrected chi connectivity index (χ4v) is 5.85. The maximum Gasteiger partial charge on any atom is 0.451 e. The van der Waals surface area contributed by atoms with Gasteiger partial charge in [0.05, 0.1) is 24.6 Å². The van der Waals surface area contributed by atoms with Crippen LogP contribution in [0.25, 0.3) is 11.1 Å². The number of benzene rings is 2. The molecule has 6 rings (SSSR count). The molecule has 0 N–H and O–H groups in total. The number of carbonyl (C=O) groups excluding carboxylic acids is 1. The standard InChI is InChI=1S/C32H33F4N3O3/c1-3-41-27-10-8-23(9-11-27)24-5-4-6-26(17-24)39(28(40)12-7-22(2)33)20-30-13-15-31(16-14-30,42-21-30)25-18-37-29(38-19-25)32(34,35)36/h4-6,8-11,17-19H,2-3,7,12-16,20-21H2,1H3. The summed E-state index contributed by atoms with van der Waals surface area (Å²) >= 11 is 0. The zero-order valence-electron chi connectivity index (χ0n) is 23.4. The molecule has 0 unspecified atom stereocenters. The Balaban J connectivity index is 1.37. The summed E-state index contributed by atoms with van der Waals surface area (Å²) in [5, 5.41) is 0. The Labute approximate surface area is 242 Å². The SMILES string of the molecule is C=C(F)CCC(=O)N(CC12CCC(c3cnc(C(F)(F)F)nc3)(CC1)OC2)c1cccc(-c2ccc(OCC)cc2)c1. The van der Waals surface area contributed by atoms with E-state index in [0.717, 1.165) is 16.9 Å². The van der Waals surface area contributed by atoms with Gasteiger partial charge in [-0.1, -0.05) is 30.8 Å². The van der Waals surface area contributed by atoms with E-state index in [1.807, 2.05) is 55.5 Å². The molecule has 2 aliphatic heterocycles. The first-order valence-electron chi connectivity index (χ1n) is 14.0. The van der Waals surface area contributed by atoms with E-state index in [9.17, 15) is 22.4 Å². The highest BCUT2D eigenvalue weighted by Crippen LogP contribution is 2.54. The van der Waals surface area contributed by atoms with Gasteiger partial charge >= 0.3 is 6.18 Å². The monoisotopic (exact) mass is 583 g/mol. The van der Waals surface area contributed by atoms with Gasteiger partial charge < -0.3 is 14.4 Å². The van der Waals surface area contributed by atoms with Crippen LogP contribution in [0.3, 0.4) is 0 Å². The van der Waals surface area contributed by atoms with Crippen LogP contribution in [-0.4, -0.2) is 35.6 Å². The third-order valence-electron chi connectivity index (χ3n) is 8.27. The lowest BCUT2D eigenvalue weighted by molar-refractivity contribution is -0.187. The van der Waals surface area contributed by atoms with Crippen molar-refractivity contribution < 1.29 is 31.8 Å². The van der Waals surface area contributed by atoms with E-state index >= 15 is 0 Å². The summed E-state index contributed by atoms with van der Waals surface area (Å²) in [4.78, 5) is 22.3. The number of fused-ring (bicyclic) bond motifs is 3. The van der Waals surface area contributed by atoms with Crippen molar-refractivity contribution in [2.24, 2.45) is 5.41 Å². The van der Waals surface area contributed by atoms with Crippen LogP contribution in [0.4, 0.5) is 23.2 Å². The van der Waals surface area contributed by atoms with Gasteiger partial charge in [-0.3, -0.25) is 4.79 Å². The van der Waals surface area contributed by atoms with Gasteiger partial charge in [0.1, 0.15) is 5.75 Å². The number of nitrogens with zero attached hydrogens (tertiary/aromatic N) is 3. The van der Waals surface area contributed by atoms with Crippen molar-refractivity contribution in [3.05, 3.63) is 84.7 Å². The van der Waals surface area contributed by atoms with E-state index in [-0.39, 0.29) is 24.2 Å². The maximum absolute atomic E-state index is 13.5. The number of allylic oxidation sites excluding steroid dienone is 1. The van der Waals surface area contributed by atoms with Crippen molar-refractivity contribution in [1.82, 2.24) is 9.97 Å². The van der Waals surface area contributed by atoms with E-state index in [1.165, 1.54) is 12.4 Å². The van der Waals surface area contributed by atoms with E-state index < -0.39 is 23.4 Å². The predicted octanol–water partition coefficient (Wildman–Crippen LogP) is 7.64. The molecule has 1 aromatic heterocycles. The quantitative estimate of drug-likeness (QED) is 0.230. The highest BCUT2D eigenvalue weighted by atomic mass is 19.4. The largest absolute Gasteiger partial charge is 0.494 e. The highest BCUT2D eigenvalue weighted by molar-refractivity contribution is 5.94. The number of aromatic nitrogens is 2. The third kappa shape index (κ3) is 6.33. The Morgan fingerprint density at radius 1 is 1.02 bits per heavy atom. The summed E-state index contributed by atoms with van der Waals surface area (Å²) in [6.07, 6.45) is 0.258. The van der Waals surface area contributed by atoms with Crippen molar-refractivity contribution in [2.75, 3.05) is 24.7 Å². The zero-order chi connectivity index (χ0) is 30.0. The number of hydrogen-bond donors (Lipinski definition) is 0. The average molecular weight is 584 g/mol. The van der Waals surface area contributed by atoms with Crippen molar-refractivity contribution in [1.29, 1.82) is 0 Å². The molecular weight excluding hydrogens is 550 g/mol. The van der Waals surface area contributed by atoms with Gasteiger partial charge in [-0.05, 0) is 68.0 Å². The first-order valence-corrected chi connectivity index (χ1v) is 14.0. The normalized spacial score (nSPS) is 21.6. The van der Waals surface area contributed by atoms with Crippen molar-refractivity contribution in [3.8, 4) is 16.9 Å². The molecule has 0 radical (unpaired) electrons. The number of carbonyl (C=O) groups is 1. The molecule has 3 aliphatic rings. The van der Waals surface area contributed by atoms with Crippen LogP contribution in [-0.2, 0) is 21.3 Å². The molecule has 1 amide bonds. The lowest BCUT2D eigenvalue weighted by Gasteiger charge is -2.54. The van der Waals surface area contributed by atoms with Crippen LogP contribution in [0.1, 0.15) is 56.8 Å². The molecule has 3 aromatic rings. The Morgan fingerprint density at radius 3 is 2.29 bits per heavy atom. The average Bonchev–Trinajstić information content (AvgIpc) is 3.00. The molecule has 2 saturated heterocycles. The lowest BCUT2D eigenvalue weighted by atomic mass is 9.64. The van der Waals surface area contributed by atoms with Crippen LogP contribution >= 0.6 is 0 Å². The molecule has 10 heteroatoms. The van der Waals surface area contributed by atoms with Gasteiger partial charge in [-0.25, -0.2) is 14.4 Å². The van der Waals surface area contributed by atoms with Gasteiger partial charge in [0.15, 0.2) is 0 Å². The van der Waals surface area contributed by atoms with Crippen LogP contribution in [0.5, 0.6) is 5.75 Å². The second-order valence-corrected chi connectivity index (χ2v) is 11.1. The molecular formula is C32H33F4N3O3. The Hall–Kier alpha value is -3.79. The molecule has 6 nitrogen and oxygen atoms in total.